The first-order valence-electron chi connectivity index (χ1n) is 14.0. The van der Waals surface area contributed by atoms with Gasteiger partial charge in [-0.2, -0.15) is 36.4 Å². The van der Waals surface area contributed by atoms with E-state index in [1.54, 1.807) is 38.1 Å². The molecular formula is C38H38O6Y-2. The van der Waals surface area contributed by atoms with Crippen molar-refractivity contribution in [3.8, 4) is 34.5 Å². The fraction of sp³-hybridized carbons (Fsp3) is 0.211. The van der Waals surface area contributed by atoms with E-state index in [0.29, 0.717) is 34.1 Å². The van der Waals surface area contributed by atoms with Gasteiger partial charge in [-0.15, -0.1) is 22.3 Å². The van der Waals surface area contributed by atoms with E-state index in [0.717, 1.165) is 44.9 Å². The molecule has 0 atom stereocenters. The molecule has 231 valence electrons. The average molecular weight is 680 g/mol. The van der Waals surface area contributed by atoms with E-state index in [1.807, 2.05) is 77.9 Å². The largest absolute Gasteiger partial charge is 0.482 e. The predicted octanol–water partition coefficient (Wildman–Crippen LogP) is 9.37. The van der Waals surface area contributed by atoms with E-state index in [4.69, 9.17) is 18.9 Å². The Labute approximate surface area is 291 Å². The van der Waals surface area contributed by atoms with E-state index in [1.165, 1.54) is 0 Å². The molecule has 4 aromatic rings. The van der Waals surface area contributed by atoms with Gasteiger partial charge in [-0.3, -0.25) is 0 Å². The maximum atomic E-state index is 11.7. The molecule has 0 bridgehead atoms. The van der Waals surface area contributed by atoms with Gasteiger partial charge >= 0.3 is 11.9 Å². The standard InChI is InChI=1S/C20H21O3.C18H17O3.Y/c1-12(2)20(21)23-19-15(5)10-17(11-16(19)6)22-18-13(3)8-7-9-14(18)4;1-12(2)18(19)21-16-10-8-15(9-11-16)20-17-13(3)6-5-7-14(17)4;/h8-11H,1H2,2-6H3;6-11H,1H2,2-4H3;/q2*-1;. The summed E-state index contributed by atoms with van der Waals surface area (Å²) in [4.78, 5) is 23.1. The molecule has 0 saturated carbocycles. The molecule has 0 aromatic heterocycles. The van der Waals surface area contributed by atoms with Crippen LogP contribution >= 0.6 is 0 Å². The first kappa shape index (κ1) is 37.2. The Morgan fingerprint density at radius 1 is 0.533 bits per heavy atom. The quantitative estimate of drug-likeness (QED) is 0.0800. The summed E-state index contributed by atoms with van der Waals surface area (Å²) < 4.78 is 22.4. The topological polar surface area (TPSA) is 71.1 Å². The van der Waals surface area contributed by atoms with Crippen molar-refractivity contribution in [3.63, 3.8) is 0 Å². The van der Waals surface area contributed by atoms with Gasteiger partial charge in [0.2, 0.25) is 0 Å². The van der Waals surface area contributed by atoms with Crippen LogP contribution in [0.5, 0.6) is 34.5 Å². The molecule has 0 N–H and O–H groups in total. The number of carbonyl (C=O) groups is 2. The van der Waals surface area contributed by atoms with Crippen LogP contribution in [-0.2, 0) is 42.3 Å². The summed E-state index contributed by atoms with van der Waals surface area (Å²) >= 11 is 0. The second-order valence-electron chi connectivity index (χ2n) is 10.7. The van der Waals surface area contributed by atoms with Crippen LogP contribution in [0.3, 0.4) is 0 Å². The van der Waals surface area contributed by atoms with Gasteiger partial charge in [0.15, 0.2) is 0 Å². The maximum Gasteiger partial charge on any atom is 0.338 e. The summed E-state index contributed by atoms with van der Waals surface area (Å²) in [6.45, 7) is 22.1. The molecule has 45 heavy (non-hydrogen) atoms. The smallest absolute Gasteiger partial charge is 0.338 e. The first-order valence-corrected chi connectivity index (χ1v) is 14.0. The van der Waals surface area contributed by atoms with E-state index < -0.39 is 11.9 Å². The second-order valence-corrected chi connectivity index (χ2v) is 10.7. The molecule has 0 aliphatic carbocycles. The molecule has 4 aromatic carbocycles. The van der Waals surface area contributed by atoms with Gasteiger partial charge in [-0.05, 0) is 75.2 Å². The van der Waals surface area contributed by atoms with Crippen LogP contribution in [0.4, 0.5) is 0 Å². The van der Waals surface area contributed by atoms with Crippen molar-refractivity contribution in [1.82, 2.24) is 0 Å². The minimum atomic E-state index is -0.436. The molecule has 0 aliphatic heterocycles. The normalized spacial score (nSPS) is 9.96. The Bertz CT molecular complexity index is 1640. The van der Waals surface area contributed by atoms with Crippen molar-refractivity contribution >= 4 is 11.9 Å². The van der Waals surface area contributed by atoms with Crippen molar-refractivity contribution in [2.45, 2.75) is 55.4 Å². The van der Waals surface area contributed by atoms with Gasteiger partial charge in [0.1, 0.15) is 23.0 Å². The molecule has 6 nitrogen and oxygen atoms in total. The molecule has 0 aliphatic rings. The summed E-state index contributed by atoms with van der Waals surface area (Å²) in [6, 6.07) is 24.3. The van der Waals surface area contributed by atoms with Gasteiger partial charge in [0.05, 0.1) is 0 Å². The van der Waals surface area contributed by atoms with Crippen molar-refractivity contribution in [2.75, 3.05) is 0 Å². The summed E-state index contributed by atoms with van der Waals surface area (Å²) in [7, 11) is 0. The number of benzene rings is 4. The Morgan fingerprint density at radius 2 is 0.889 bits per heavy atom. The minimum absolute atomic E-state index is 0. The zero-order valence-corrected chi connectivity index (χ0v) is 30.1. The van der Waals surface area contributed by atoms with E-state index >= 15 is 0 Å². The third-order valence-electron chi connectivity index (χ3n) is 6.43. The van der Waals surface area contributed by atoms with Crippen LogP contribution in [0.1, 0.15) is 47.2 Å². The number of carbonyl (C=O) groups excluding carboxylic acids is 2. The van der Waals surface area contributed by atoms with Crippen LogP contribution in [0.25, 0.3) is 0 Å². The fourth-order valence-corrected chi connectivity index (χ4v) is 4.11. The third kappa shape index (κ3) is 10.5. The van der Waals surface area contributed by atoms with Gasteiger partial charge in [-0.25, -0.2) is 9.59 Å². The molecule has 0 saturated heterocycles. The Morgan fingerprint density at radius 3 is 1.29 bits per heavy atom. The molecule has 0 fully saturated rings. The summed E-state index contributed by atoms with van der Waals surface area (Å²) in [5.74, 6) is 3.21. The Balaban J connectivity index is 0.000000308. The van der Waals surface area contributed by atoms with E-state index in [2.05, 4.69) is 25.3 Å². The Kier molecular flexibility index (Phi) is 14.0. The van der Waals surface area contributed by atoms with E-state index in [9.17, 15) is 9.59 Å². The molecular weight excluding hydrogens is 641 g/mol. The zero-order chi connectivity index (χ0) is 32.6. The molecule has 7 heteroatoms. The van der Waals surface area contributed by atoms with Crippen LogP contribution in [0, 0.1) is 53.7 Å². The van der Waals surface area contributed by atoms with Crippen molar-refractivity contribution < 1.29 is 61.2 Å². The number of hydrogen-bond acceptors (Lipinski definition) is 6. The first-order chi connectivity index (χ1) is 20.8. The molecule has 4 rings (SSSR count). The maximum absolute atomic E-state index is 11.7. The minimum Gasteiger partial charge on any atom is -0.482 e. The number of rotatable bonds is 8. The van der Waals surface area contributed by atoms with Gasteiger partial charge < -0.3 is 18.9 Å². The van der Waals surface area contributed by atoms with Crippen LogP contribution < -0.4 is 18.9 Å². The van der Waals surface area contributed by atoms with Crippen molar-refractivity contribution in [1.29, 1.82) is 0 Å². The molecule has 0 amide bonds. The molecule has 1 radical (unpaired) electrons. The SMILES string of the molecule is C=C(C)C(=O)Oc1c(C)cc(Oc2c(C)c[c-]cc2C)cc1C.C=C(C)C(=O)Oc1ccc(Oc2c(C)c[c-]cc2C)cc1.[Y]. The average Bonchev–Trinajstić information content (AvgIpc) is 2.96. The monoisotopic (exact) mass is 679 g/mol. The van der Waals surface area contributed by atoms with Crippen LogP contribution in [0.2, 0.25) is 0 Å². The molecule has 0 heterocycles. The van der Waals surface area contributed by atoms with E-state index in [-0.39, 0.29) is 32.7 Å². The number of aryl methyl sites for hydroxylation is 6. The van der Waals surface area contributed by atoms with Crippen LogP contribution in [-0.4, -0.2) is 11.9 Å². The summed E-state index contributed by atoms with van der Waals surface area (Å²) in [6.07, 6.45) is 0. The summed E-state index contributed by atoms with van der Waals surface area (Å²) in [5, 5.41) is 0. The van der Waals surface area contributed by atoms with Gasteiger partial charge in [0.25, 0.3) is 0 Å². The van der Waals surface area contributed by atoms with Gasteiger partial charge in [-0.1, -0.05) is 40.9 Å². The van der Waals surface area contributed by atoms with Crippen molar-refractivity contribution in [2.24, 2.45) is 0 Å². The number of hydrogen-bond donors (Lipinski definition) is 0. The molecule has 0 spiro atoms. The third-order valence-corrected chi connectivity index (χ3v) is 6.43. The predicted molar refractivity (Wildman–Crippen MR) is 173 cm³/mol. The second kappa shape index (κ2) is 16.9. The molecule has 0 unspecified atom stereocenters. The fourth-order valence-electron chi connectivity index (χ4n) is 4.11. The number of esters is 2. The summed E-state index contributed by atoms with van der Waals surface area (Å²) in [5.41, 5.74) is 6.51. The number of ether oxygens (including phenoxy) is 4. The zero-order valence-electron chi connectivity index (χ0n) is 27.2. The van der Waals surface area contributed by atoms with Crippen molar-refractivity contribution in [3.05, 3.63) is 130 Å². The Hall–Kier alpha value is -4.00. The van der Waals surface area contributed by atoms with Crippen LogP contribution in [0.15, 0.2) is 85.0 Å². The van der Waals surface area contributed by atoms with Gasteiger partial charge in [0, 0.05) is 55.4 Å².